The summed E-state index contributed by atoms with van der Waals surface area (Å²) in [5.41, 5.74) is 4.43. The molecule has 1 N–H and O–H groups in total. The van der Waals surface area contributed by atoms with Gasteiger partial charge in [-0.2, -0.15) is 0 Å². The minimum Gasteiger partial charge on any atom is -0.488 e. The minimum atomic E-state index is -2.10. The van der Waals surface area contributed by atoms with Crippen LogP contribution in [0.15, 0.2) is 54.6 Å². The van der Waals surface area contributed by atoms with E-state index in [1.54, 1.807) is 0 Å². The van der Waals surface area contributed by atoms with Crippen molar-refractivity contribution in [1.29, 1.82) is 0 Å². The third-order valence-corrected chi connectivity index (χ3v) is 3.49. The number of fused-ring (bicyclic) bond motifs is 2. The molecule has 2 aromatic carbocycles. The zero-order valence-corrected chi connectivity index (χ0v) is 11.2. The van der Waals surface area contributed by atoms with Gasteiger partial charge in [-0.05, 0) is 42.7 Å². The second kappa shape index (κ2) is 5.93. The fraction of sp³-hybridized carbons (Fsp3) is 0.222. The molecule has 1 aliphatic heterocycles. The van der Waals surface area contributed by atoms with Crippen LogP contribution in [0.5, 0.6) is 5.75 Å². The van der Waals surface area contributed by atoms with Crippen molar-refractivity contribution in [3.05, 3.63) is 71.3 Å². The third-order valence-electron chi connectivity index (χ3n) is 3.49. The van der Waals surface area contributed by atoms with E-state index in [0.29, 0.717) is 19.6 Å². The number of nitrogens with one attached hydrogen (secondary N) is 1. The lowest BCUT2D eigenvalue weighted by Crippen LogP contribution is -2.06. The molecule has 2 heteroatoms. The van der Waals surface area contributed by atoms with Crippen LogP contribution in [-0.4, -0.2) is 13.5 Å². The standard InChI is InChI=1S/C18H19NO/c1-19-12-6-10-16-15-8-3-2-7-14(15)13-20-18-11-5-4-9-17(16)18/h2-5,7-11,19H,6,12-13H2,1H3/b16-10+/i1D3. The van der Waals surface area contributed by atoms with Crippen molar-refractivity contribution < 1.29 is 8.85 Å². The topological polar surface area (TPSA) is 21.3 Å². The SMILES string of the molecule is [2H]C([2H])([2H])NCC/C=C1\c2ccccc2COc2ccccc21. The Morgan fingerprint density at radius 1 is 1.15 bits per heavy atom. The Hall–Kier alpha value is -2.06. The van der Waals surface area contributed by atoms with Gasteiger partial charge in [0.05, 0.1) is 0 Å². The van der Waals surface area contributed by atoms with E-state index in [0.717, 1.165) is 28.0 Å². The van der Waals surface area contributed by atoms with Crippen LogP contribution in [0.4, 0.5) is 0 Å². The predicted octanol–water partition coefficient (Wildman–Crippen LogP) is 3.62. The van der Waals surface area contributed by atoms with Crippen LogP contribution in [0.25, 0.3) is 5.57 Å². The summed E-state index contributed by atoms with van der Waals surface area (Å²) in [6, 6.07) is 16.1. The zero-order chi connectivity index (χ0) is 16.3. The molecule has 0 radical (unpaired) electrons. The van der Waals surface area contributed by atoms with Gasteiger partial charge in [-0.3, -0.25) is 0 Å². The monoisotopic (exact) mass is 268 g/mol. The van der Waals surface area contributed by atoms with Crippen LogP contribution in [0.3, 0.4) is 0 Å². The van der Waals surface area contributed by atoms with Crippen LogP contribution >= 0.6 is 0 Å². The molecule has 0 saturated carbocycles. The highest BCUT2D eigenvalue weighted by Gasteiger charge is 2.17. The molecule has 0 bridgehead atoms. The molecule has 0 amide bonds. The first-order chi connectivity index (χ1) is 11.0. The highest BCUT2D eigenvalue weighted by molar-refractivity contribution is 5.84. The van der Waals surface area contributed by atoms with E-state index >= 15 is 0 Å². The molecule has 0 aromatic heterocycles. The van der Waals surface area contributed by atoms with Gasteiger partial charge in [0.2, 0.25) is 0 Å². The van der Waals surface area contributed by atoms with Crippen LogP contribution in [0, 0.1) is 0 Å². The number of hydrogen-bond acceptors (Lipinski definition) is 2. The van der Waals surface area contributed by atoms with Gasteiger partial charge in [-0.1, -0.05) is 48.5 Å². The van der Waals surface area contributed by atoms with E-state index < -0.39 is 6.98 Å². The summed E-state index contributed by atoms with van der Waals surface area (Å²) in [6.07, 6.45) is 2.72. The molecule has 2 nitrogen and oxygen atoms in total. The van der Waals surface area contributed by atoms with Gasteiger partial charge in [0.25, 0.3) is 0 Å². The molecular weight excluding hydrogens is 246 g/mol. The Balaban J connectivity index is 1.94. The predicted molar refractivity (Wildman–Crippen MR) is 82.8 cm³/mol. The average molecular weight is 268 g/mol. The van der Waals surface area contributed by atoms with Gasteiger partial charge in [0.15, 0.2) is 0 Å². The van der Waals surface area contributed by atoms with Crippen molar-refractivity contribution >= 4 is 5.57 Å². The van der Waals surface area contributed by atoms with Crippen molar-refractivity contribution in [3.63, 3.8) is 0 Å². The van der Waals surface area contributed by atoms with Crippen LogP contribution in [-0.2, 0) is 6.61 Å². The van der Waals surface area contributed by atoms with Gasteiger partial charge < -0.3 is 10.1 Å². The molecule has 1 aliphatic rings. The van der Waals surface area contributed by atoms with Crippen molar-refractivity contribution in [2.75, 3.05) is 13.5 Å². The van der Waals surface area contributed by atoms with Crippen LogP contribution in [0.2, 0.25) is 0 Å². The summed E-state index contributed by atoms with van der Waals surface area (Å²) in [7, 11) is 0. The first-order valence-electron chi connectivity index (χ1n) is 8.30. The van der Waals surface area contributed by atoms with E-state index in [2.05, 4.69) is 23.5 Å². The first kappa shape index (κ1) is 9.78. The maximum Gasteiger partial charge on any atom is 0.127 e. The second-order valence-corrected chi connectivity index (χ2v) is 4.78. The van der Waals surface area contributed by atoms with E-state index in [1.165, 1.54) is 0 Å². The quantitative estimate of drug-likeness (QED) is 0.858. The molecule has 1 heterocycles. The highest BCUT2D eigenvalue weighted by atomic mass is 16.5. The van der Waals surface area contributed by atoms with Crippen LogP contribution < -0.4 is 10.1 Å². The van der Waals surface area contributed by atoms with Crippen LogP contribution in [0.1, 0.15) is 27.2 Å². The fourth-order valence-electron chi connectivity index (χ4n) is 2.53. The number of ether oxygens (including phenoxy) is 1. The van der Waals surface area contributed by atoms with Crippen molar-refractivity contribution in [2.45, 2.75) is 13.0 Å². The Morgan fingerprint density at radius 3 is 2.85 bits per heavy atom. The Labute approximate surface area is 124 Å². The number of rotatable bonds is 3. The molecule has 20 heavy (non-hydrogen) atoms. The van der Waals surface area contributed by atoms with E-state index in [4.69, 9.17) is 8.85 Å². The normalized spacial score (nSPS) is 18.0. The van der Waals surface area contributed by atoms with Gasteiger partial charge in [-0.25, -0.2) is 0 Å². The third kappa shape index (κ3) is 2.47. The smallest absolute Gasteiger partial charge is 0.127 e. The highest BCUT2D eigenvalue weighted by Crippen LogP contribution is 2.36. The summed E-state index contributed by atoms with van der Waals surface area (Å²) in [6.45, 7) is -1.15. The molecule has 3 rings (SSSR count). The van der Waals surface area contributed by atoms with Gasteiger partial charge in [0.1, 0.15) is 12.4 Å². The Kier molecular flexibility index (Phi) is 2.90. The van der Waals surface area contributed by atoms with Gasteiger partial charge in [-0.15, -0.1) is 0 Å². The Morgan fingerprint density at radius 2 is 1.95 bits per heavy atom. The molecule has 0 fully saturated rings. The number of para-hydroxylation sites is 1. The molecular formula is C18H19NO. The average Bonchev–Trinajstić information content (AvgIpc) is 2.68. The maximum absolute atomic E-state index is 7.21. The summed E-state index contributed by atoms with van der Waals surface area (Å²) in [5.74, 6) is 0.860. The lowest BCUT2D eigenvalue weighted by Gasteiger charge is -2.10. The fourth-order valence-corrected chi connectivity index (χ4v) is 2.53. The number of hydrogen-bond donors (Lipinski definition) is 1. The molecule has 2 aromatic rings. The van der Waals surface area contributed by atoms with Crippen molar-refractivity contribution in [2.24, 2.45) is 0 Å². The minimum absolute atomic E-state index is 0.408. The van der Waals surface area contributed by atoms with E-state index in [1.807, 2.05) is 36.4 Å². The molecule has 0 aliphatic carbocycles. The Bertz CT molecular complexity index is 673. The summed E-state index contributed by atoms with van der Waals surface area (Å²) >= 11 is 0. The zero-order valence-electron chi connectivity index (χ0n) is 14.2. The van der Waals surface area contributed by atoms with E-state index in [9.17, 15) is 0 Å². The molecule has 0 saturated heterocycles. The van der Waals surface area contributed by atoms with Crippen molar-refractivity contribution in [1.82, 2.24) is 5.32 Å². The lowest BCUT2D eigenvalue weighted by molar-refractivity contribution is 0.307. The van der Waals surface area contributed by atoms with E-state index in [-0.39, 0.29) is 0 Å². The largest absolute Gasteiger partial charge is 0.488 e. The number of benzene rings is 2. The molecule has 102 valence electrons. The molecule has 0 atom stereocenters. The molecule has 0 unspecified atom stereocenters. The molecule has 0 spiro atoms. The summed E-state index contributed by atoms with van der Waals surface area (Å²) < 4.78 is 27.5. The lowest BCUT2D eigenvalue weighted by atomic mass is 9.93. The van der Waals surface area contributed by atoms with Crippen molar-refractivity contribution in [3.8, 4) is 5.75 Å². The first-order valence-corrected chi connectivity index (χ1v) is 6.80. The summed E-state index contributed by atoms with van der Waals surface area (Å²) in [5, 5.41) is 2.55. The second-order valence-electron chi connectivity index (χ2n) is 4.78. The van der Waals surface area contributed by atoms with Gasteiger partial charge in [0, 0.05) is 9.68 Å². The maximum atomic E-state index is 7.21. The summed E-state index contributed by atoms with van der Waals surface area (Å²) in [4.78, 5) is 0. The van der Waals surface area contributed by atoms with Gasteiger partial charge >= 0.3 is 0 Å².